The number of hydrogen-bond acceptors (Lipinski definition) is 7. The minimum Gasteiger partial charge on any atom is -0.507 e. The summed E-state index contributed by atoms with van der Waals surface area (Å²) in [6, 6.07) is 21.6. The predicted octanol–water partition coefficient (Wildman–Crippen LogP) is 4.73. The number of Topliss-reactive ketones (excluding diaryl/α,β-unsaturated/α-hetero) is 1. The molecule has 2 heterocycles. The Labute approximate surface area is 240 Å². The average molecular weight is 557 g/mol. The van der Waals surface area contributed by atoms with Gasteiger partial charge in [-0.3, -0.25) is 14.5 Å². The lowest BCUT2D eigenvalue weighted by Crippen LogP contribution is -2.42. The van der Waals surface area contributed by atoms with Crippen LogP contribution in [0.4, 0.5) is 0 Å². The smallest absolute Gasteiger partial charge is 0.295 e. The molecule has 2 saturated heterocycles. The van der Waals surface area contributed by atoms with E-state index in [0.29, 0.717) is 56.6 Å². The molecule has 0 bridgehead atoms. The van der Waals surface area contributed by atoms with Crippen molar-refractivity contribution in [1.29, 1.82) is 0 Å². The quantitative estimate of drug-likeness (QED) is 0.220. The summed E-state index contributed by atoms with van der Waals surface area (Å²) in [5.41, 5.74) is 3.49. The number of nitrogens with zero attached hydrogens (tertiary/aromatic N) is 2. The molecule has 1 N–H and O–H groups in total. The number of aliphatic hydroxyl groups excluding tert-OH is 1. The van der Waals surface area contributed by atoms with Crippen LogP contribution in [-0.4, -0.2) is 72.6 Å². The van der Waals surface area contributed by atoms with Crippen molar-refractivity contribution in [2.24, 2.45) is 0 Å². The number of benzene rings is 3. The number of aliphatic hydroxyl groups is 1. The van der Waals surface area contributed by atoms with Crippen molar-refractivity contribution in [3.63, 3.8) is 0 Å². The second-order valence-corrected chi connectivity index (χ2v) is 10.2. The Kier molecular flexibility index (Phi) is 9.01. The first-order valence-corrected chi connectivity index (χ1v) is 14.0. The van der Waals surface area contributed by atoms with Crippen LogP contribution in [0.2, 0.25) is 0 Å². The van der Waals surface area contributed by atoms with E-state index in [0.717, 1.165) is 29.8 Å². The highest BCUT2D eigenvalue weighted by Gasteiger charge is 2.46. The fourth-order valence-corrected chi connectivity index (χ4v) is 5.24. The molecule has 1 unspecified atom stereocenters. The van der Waals surface area contributed by atoms with E-state index in [-0.39, 0.29) is 11.3 Å². The Morgan fingerprint density at radius 1 is 0.902 bits per heavy atom. The number of rotatable bonds is 10. The van der Waals surface area contributed by atoms with Crippen molar-refractivity contribution in [3.8, 4) is 11.5 Å². The van der Waals surface area contributed by atoms with Crippen molar-refractivity contribution in [2.75, 3.05) is 46.0 Å². The summed E-state index contributed by atoms with van der Waals surface area (Å²) in [6.45, 7) is 8.70. The molecule has 0 saturated carbocycles. The minimum atomic E-state index is -0.719. The first kappa shape index (κ1) is 28.4. The molecule has 2 aliphatic rings. The highest BCUT2D eigenvalue weighted by atomic mass is 16.5. The number of aryl methyl sites for hydroxylation is 1. The number of hydrogen-bond donors (Lipinski definition) is 1. The van der Waals surface area contributed by atoms with Gasteiger partial charge in [0.15, 0.2) is 0 Å². The molecule has 0 radical (unpaired) electrons. The van der Waals surface area contributed by atoms with Crippen LogP contribution >= 0.6 is 0 Å². The van der Waals surface area contributed by atoms with E-state index in [1.165, 1.54) is 0 Å². The Bertz CT molecular complexity index is 1390. The molecule has 1 atom stereocenters. The molecule has 1 amide bonds. The molecular weight excluding hydrogens is 520 g/mol. The maximum atomic E-state index is 13.4. The normalized spacial score (nSPS) is 19.0. The standard InChI is InChI=1S/C33H36N2O6/c1-3-40-27-12-8-24(9-13-27)30-29(32(37)33(38)35(30)17-16-34-18-20-39-21-19-34)31(36)25-10-14-28(15-11-25)41-22-26-7-5-4-6-23(26)2/h4-15,30,36H,3,16-22H2,1-2H3. The summed E-state index contributed by atoms with van der Waals surface area (Å²) in [5.74, 6) is -0.177. The largest absolute Gasteiger partial charge is 0.507 e. The van der Waals surface area contributed by atoms with Gasteiger partial charge in [0.2, 0.25) is 0 Å². The van der Waals surface area contributed by atoms with Gasteiger partial charge in [-0.05, 0) is 66.9 Å². The molecule has 0 spiro atoms. The van der Waals surface area contributed by atoms with Crippen LogP contribution in [-0.2, 0) is 20.9 Å². The van der Waals surface area contributed by atoms with Gasteiger partial charge in [-0.1, -0.05) is 36.4 Å². The van der Waals surface area contributed by atoms with Gasteiger partial charge in [0.25, 0.3) is 11.7 Å². The van der Waals surface area contributed by atoms with Gasteiger partial charge in [-0.15, -0.1) is 0 Å². The van der Waals surface area contributed by atoms with E-state index in [1.807, 2.05) is 62.4 Å². The Morgan fingerprint density at radius 3 is 2.24 bits per heavy atom. The van der Waals surface area contributed by atoms with Crippen LogP contribution in [0, 0.1) is 6.92 Å². The van der Waals surface area contributed by atoms with Crippen LogP contribution in [0.15, 0.2) is 78.4 Å². The van der Waals surface area contributed by atoms with Crippen LogP contribution in [0.3, 0.4) is 0 Å². The lowest BCUT2D eigenvalue weighted by atomic mass is 9.95. The van der Waals surface area contributed by atoms with Gasteiger partial charge < -0.3 is 24.2 Å². The number of ketones is 1. The summed E-state index contributed by atoms with van der Waals surface area (Å²) in [5, 5.41) is 11.4. The van der Waals surface area contributed by atoms with E-state index in [1.54, 1.807) is 29.2 Å². The van der Waals surface area contributed by atoms with Crippen molar-refractivity contribution in [1.82, 2.24) is 9.80 Å². The molecule has 3 aromatic carbocycles. The molecule has 0 aromatic heterocycles. The van der Waals surface area contributed by atoms with Crippen molar-refractivity contribution >= 4 is 17.4 Å². The van der Waals surface area contributed by atoms with Crippen molar-refractivity contribution in [2.45, 2.75) is 26.5 Å². The molecule has 2 fully saturated rings. The molecule has 8 heteroatoms. The van der Waals surface area contributed by atoms with E-state index >= 15 is 0 Å². The molecule has 3 aromatic rings. The molecule has 8 nitrogen and oxygen atoms in total. The third kappa shape index (κ3) is 6.45. The number of likely N-dealkylation sites (tertiary alicyclic amines) is 1. The zero-order valence-corrected chi connectivity index (χ0v) is 23.5. The number of morpholine rings is 1. The maximum Gasteiger partial charge on any atom is 0.295 e. The number of carbonyl (C=O) groups excluding carboxylic acids is 2. The second-order valence-electron chi connectivity index (χ2n) is 10.2. The minimum absolute atomic E-state index is 0.0784. The lowest BCUT2D eigenvalue weighted by molar-refractivity contribution is -0.140. The van der Waals surface area contributed by atoms with Crippen LogP contribution in [0.1, 0.15) is 35.2 Å². The first-order chi connectivity index (χ1) is 20.0. The molecular formula is C33H36N2O6. The Morgan fingerprint density at radius 2 is 1.56 bits per heavy atom. The monoisotopic (exact) mass is 556 g/mol. The second kappa shape index (κ2) is 13.0. The molecule has 214 valence electrons. The summed E-state index contributed by atoms with van der Waals surface area (Å²) < 4.78 is 17.0. The zero-order valence-electron chi connectivity index (χ0n) is 23.5. The zero-order chi connectivity index (χ0) is 28.8. The van der Waals surface area contributed by atoms with E-state index in [2.05, 4.69) is 4.90 Å². The van der Waals surface area contributed by atoms with E-state index < -0.39 is 17.7 Å². The van der Waals surface area contributed by atoms with Gasteiger partial charge in [-0.2, -0.15) is 0 Å². The number of amides is 1. The summed E-state index contributed by atoms with van der Waals surface area (Å²) in [7, 11) is 0. The third-order valence-electron chi connectivity index (χ3n) is 7.59. The van der Waals surface area contributed by atoms with Crippen LogP contribution in [0.5, 0.6) is 11.5 Å². The van der Waals surface area contributed by atoms with Gasteiger partial charge in [0, 0.05) is 31.7 Å². The van der Waals surface area contributed by atoms with Gasteiger partial charge in [-0.25, -0.2) is 0 Å². The number of carbonyl (C=O) groups is 2. The first-order valence-electron chi connectivity index (χ1n) is 14.0. The SMILES string of the molecule is CCOc1ccc(C2C(=C(O)c3ccc(OCc4ccccc4C)cc3)C(=O)C(=O)N2CCN2CCOCC2)cc1. The summed E-state index contributed by atoms with van der Waals surface area (Å²) >= 11 is 0. The fourth-order valence-electron chi connectivity index (χ4n) is 5.24. The van der Waals surface area contributed by atoms with E-state index in [4.69, 9.17) is 14.2 Å². The summed E-state index contributed by atoms with van der Waals surface area (Å²) in [6.07, 6.45) is 0. The summed E-state index contributed by atoms with van der Waals surface area (Å²) in [4.78, 5) is 30.5. The Hall–Kier alpha value is -4.14. The molecule has 2 aliphatic heterocycles. The predicted molar refractivity (Wildman–Crippen MR) is 156 cm³/mol. The fraction of sp³-hybridized carbons (Fsp3) is 0.333. The maximum absolute atomic E-state index is 13.4. The highest BCUT2D eigenvalue weighted by molar-refractivity contribution is 6.46. The lowest BCUT2D eigenvalue weighted by Gasteiger charge is -2.31. The van der Waals surface area contributed by atoms with Crippen LogP contribution in [0.25, 0.3) is 5.76 Å². The van der Waals surface area contributed by atoms with E-state index in [9.17, 15) is 14.7 Å². The third-order valence-corrected chi connectivity index (χ3v) is 7.59. The highest BCUT2D eigenvalue weighted by Crippen LogP contribution is 2.40. The van der Waals surface area contributed by atoms with Crippen LogP contribution < -0.4 is 9.47 Å². The number of ether oxygens (including phenoxy) is 3. The van der Waals surface area contributed by atoms with Crippen molar-refractivity contribution in [3.05, 3.63) is 101 Å². The van der Waals surface area contributed by atoms with Crippen molar-refractivity contribution < 1.29 is 28.9 Å². The Balaban J connectivity index is 1.42. The van der Waals surface area contributed by atoms with Gasteiger partial charge >= 0.3 is 0 Å². The van der Waals surface area contributed by atoms with Gasteiger partial charge in [0.05, 0.1) is 31.4 Å². The average Bonchev–Trinajstić information content (AvgIpc) is 3.25. The molecule has 0 aliphatic carbocycles. The van der Waals surface area contributed by atoms with Gasteiger partial charge in [0.1, 0.15) is 23.9 Å². The molecule has 5 rings (SSSR count). The topological polar surface area (TPSA) is 88.5 Å². The molecule has 41 heavy (non-hydrogen) atoms.